The number of hydrogen-bond donors (Lipinski definition) is 0. The highest BCUT2D eigenvalue weighted by Crippen LogP contribution is 2.38. The molecular formula is C17H17Cl2N5O4. The van der Waals surface area contributed by atoms with Crippen LogP contribution in [0.5, 0.6) is 11.8 Å². The van der Waals surface area contributed by atoms with Crippen molar-refractivity contribution in [2.45, 2.75) is 20.3 Å². The Hall–Kier alpha value is -2.65. The number of esters is 1. The van der Waals surface area contributed by atoms with Crippen molar-refractivity contribution in [3.8, 4) is 17.4 Å². The average Bonchev–Trinajstić information content (AvgIpc) is 3.02. The van der Waals surface area contributed by atoms with E-state index in [-0.39, 0.29) is 34.8 Å². The predicted octanol–water partition coefficient (Wildman–Crippen LogP) is 2.95. The number of carbonyl (C=O) groups is 1. The number of ether oxygens (including phenoxy) is 3. The first-order valence-electron chi connectivity index (χ1n) is 8.25. The van der Waals surface area contributed by atoms with Crippen molar-refractivity contribution in [3.05, 3.63) is 27.8 Å². The van der Waals surface area contributed by atoms with Gasteiger partial charge in [-0.15, -0.1) is 10.2 Å². The largest absolute Gasteiger partial charge is 0.477 e. The molecule has 0 amide bonds. The zero-order valence-corrected chi connectivity index (χ0v) is 17.1. The molecule has 0 unspecified atom stereocenters. The summed E-state index contributed by atoms with van der Waals surface area (Å²) in [5.74, 6) is 0.752. The summed E-state index contributed by atoms with van der Waals surface area (Å²) in [4.78, 5) is 20.8. The fourth-order valence-corrected chi connectivity index (χ4v) is 3.14. The van der Waals surface area contributed by atoms with Crippen LogP contribution in [-0.4, -0.2) is 51.5 Å². The molecular weight excluding hydrogens is 409 g/mol. The Morgan fingerprint density at radius 3 is 2.46 bits per heavy atom. The third kappa shape index (κ3) is 3.55. The zero-order valence-electron chi connectivity index (χ0n) is 15.6. The van der Waals surface area contributed by atoms with Gasteiger partial charge in [-0.1, -0.05) is 23.2 Å². The standard InChI is InChI=1S/C17H17Cl2N5O4/c1-5-28-12(25)7-11-23-22-8(2)24(11)15-13(19)9(18)6-10-14(15)21-17(27-4)16(20-10)26-3/h6H,5,7H2,1-4H3. The zero-order chi connectivity index (χ0) is 20.4. The second kappa shape index (κ2) is 8.15. The summed E-state index contributed by atoms with van der Waals surface area (Å²) in [7, 11) is 2.91. The minimum atomic E-state index is -0.441. The van der Waals surface area contributed by atoms with E-state index < -0.39 is 5.97 Å². The number of fused-ring (bicyclic) bond motifs is 1. The molecule has 1 aromatic carbocycles. The van der Waals surface area contributed by atoms with E-state index in [4.69, 9.17) is 37.4 Å². The van der Waals surface area contributed by atoms with Crippen LogP contribution in [0, 0.1) is 6.92 Å². The molecule has 2 heterocycles. The topological polar surface area (TPSA) is 101 Å². The molecule has 0 spiro atoms. The summed E-state index contributed by atoms with van der Waals surface area (Å²) in [6.07, 6.45) is -0.0975. The monoisotopic (exact) mass is 425 g/mol. The molecule has 0 saturated heterocycles. The van der Waals surface area contributed by atoms with Crippen molar-refractivity contribution in [1.82, 2.24) is 24.7 Å². The summed E-state index contributed by atoms with van der Waals surface area (Å²) in [5, 5.41) is 8.60. The van der Waals surface area contributed by atoms with Crippen molar-refractivity contribution < 1.29 is 19.0 Å². The third-order valence-electron chi connectivity index (χ3n) is 3.88. The van der Waals surface area contributed by atoms with E-state index >= 15 is 0 Å². The van der Waals surface area contributed by atoms with Gasteiger partial charge < -0.3 is 14.2 Å². The quantitative estimate of drug-likeness (QED) is 0.555. The number of rotatable bonds is 6. The lowest BCUT2D eigenvalue weighted by Gasteiger charge is -2.15. The smallest absolute Gasteiger partial charge is 0.313 e. The minimum absolute atomic E-state index is 0.0975. The summed E-state index contributed by atoms with van der Waals surface area (Å²) in [5.41, 5.74) is 1.21. The van der Waals surface area contributed by atoms with Crippen LogP contribution in [0.15, 0.2) is 6.07 Å². The van der Waals surface area contributed by atoms with Crippen molar-refractivity contribution in [3.63, 3.8) is 0 Å². The Balaban J connectivity index is 2.30. The minimum Gasteiger partial charge on any atom is -0.477 e. The number of aromatic nitrogens is 5. The van der Waals surface area contributed by atoms with Gasteiger partial charge in [0.25, 0.3) is 11.8 Å². The Morgan fingerprint density at radius 1 is 1.14 bits per heavy atom. The molecule has 0 aliphatic carbocycles. The number of methoxy groups -OCH3 is 2. The molecule has 0 aliphatic heterocycles. The molecule has 0 saturated carbocycles. The van der Waals surface area contributed by atoms with Gasteiger partial charge in [-0.3, -0.25) is 9.36 Å². The van der Waals surface area contributed by atoms with Crippen LogP contribution in [0.25, 0.3) is 16.7 Å². The van der Waals surface area contributed by atoms with Gasteiger partial charge in [0.1, 0.15) is 23.6 Å². The molecule has 2 aromatic heterocycles. The molecule has 0 atom stereocenters. The number of benzene rings is 1. The molecule has 148 valence electrons. The summed E-state index contributed by atoms with van der Waals surface area (Å²) >= 11 is 12.8. The average molecular weight is 426 g/mol. The molecule has 0 aliphatic rings. The fourth-order valence-electron chi connectivity index (χ4n) is 2.71. The van der Waals surface area contributed by atoms with Crippen LogP contribution >= 0.6 is 23.2 Å². The first-order chi connectivity index (χ1) is 13.4. The molecule has 0 fully saturated rings. The highest BCUT2D eigenvalue weighted by atomic mass is 35.5. The normalized spacial score (nSPS) is 10.9. The number of carbonyl (C=O) groups excluding carboxylic acids is 1. The van der Waals surface area contributed by atoms with Crippen molar-refractivity contribution in [1.29, 1.82) is 0 Å². The van der Waals surface area contributed by atoms with Crippen LogP contribution in [0.2, 0.25) is 10.0 Å². The molecule has 9 nitrogen and oxygen atoms in total. The molecule has 0 N–H and O–H groups in total. The molecule has 3 aromatic rings. The van der Waals surface area contributed by atoms with Gasteiger partial charge in [0.05, 0.1) is 42.1 Å². The van der Waals surface area contributed by atoms with Crippen LogP contribution < -0.4 is 9.47 Å². The highest BCUT2D eigenvalue weighted by Gasteiger charge is 2.23. The third-order valence-corrected chi connectivity index (χ3v) is 4.65. The maximum atomic E-state index is 12.0. The Kier molecular flexibility index (Phi) is 5.85. The number of nitrogens with zero attached hydrogens (tertiary/aromatic N) is 5. The van der Waals surface area contributed by atoms with Gasteiger partial charge in [0.2, 0.25) is 0 Å². The highest BCUT2D eigenvalue weighted by molar-refractivity contribution is 6.44. The van der Waals surface area contributed by atoms with E-state index in [2.05, 4.69) is 20.2 Å². The van der Waals surface area contributed by atoms with E-state index in [0.29, 0.717) is 28.4 Å². The van der Waals surface area contributed by atoms with Crippen molar-refractivity contribution in [2.75, 3.05) is 20.8 Å². The SMILES string of the molecule is CCOC(=O)Cc1nnc(C)n1-c1c(Cl)c(Cl)cc2nc(OC)c(OC)nc12. The van der Waals surface area contributed by atoms with Crippen LogP contribution in [0.4, 0.5) is 0 Å². The predicted molar refractivity (Wildman–Crippen MR) is 103 cm³/mol. The second-order valence-electron chi connectivity index (χ2n) is 5.61. The van der Waals surface area contributed by atoms with Crippen LogP contribution in [-0.2, 0) is 16.0 Å². The molecule has 0 bridgehead atoms. The Labute approximate surface area is 170 Å². The number of halogens is 2. The van der Waals surface area contributed by atoms with Crippen LogP contribution in [0.3, 0.4) is 0 Å². The number of hydrogen-bond acceptors (Lipinski definition) is 8. The molecule has 0 radical (unpaired) electrons. The summed E-state index contributed by atoms with van der Waals surface area (Å²) < 4.78 is 17.1. The lowest BCUT2D eigenvalue weighted by atomic mass is 10.2. The van der Waals surface area contributed by atoms with E-state index in [9.17, 15) is 4.79 Å². The van der Waals surface area contributed by atoms with Gasteiger partial charge in [-0.05, 0) is 19.9 Å². The Bertz CT molecular complexity index is 1050. The summed E-state index contributed by atoms with van der Waals surface area (Å²) in [6, 6.07) is 1.57. The first kappa shape index (κ1) is 20.1. The van der Waals surface area contributed by atoms with Gasteiger partial charge in [-0.25, -0.2) is 9.97 Å². The van der Waals surface area contributed by atoms with Crippen LogP contribution in [0.1, 0.15) is 18.6 Å². The molecule has 28 heavy (non-hydrogen) atoms. The lowest BCUT2D eigenvalue weighted by Crippen LogP contribution is -2.13. The van der Waals surface area contributed by atoms with E-state index in [0.717, 1.165) is 0 Å². The fraction of sp³-hybridized carbons (Fsp3) is 0.353. The summed E-state index contributed by atoms with van der Waals surface area (Å²) in [6.45, 7) is 3.71. The van der Waals surface area contributed by atoms with Gasteiger partial charge in [-0.2, -0.15) is 0 Å². The van der Waals surface area contributed by atoms with Crippen molar-refractivity contribution in [2.24, 2.45) is 0 Å². The van der Waals surface area contributed by atoms with Gasteiger partial charge >= 0.3 is 5.97 Å². The van der Waals surface area contributed by atoms with Gasteiger partial charge in [0, 0.05) is 0 Å². The maximum absolute atomic E-state index is 12.0. The van der Waals surface area contributed by atoms with Crippen molar-refractivity contribution >= 4 is 40.2 Å². The Morgan fingerprint density at radius 2 is 1.82 bits per heavy atom. The van der Waals surface area contributed by atoms with E-state index in [1.165, 1.54) is 14.2 Å². The first-order valence-corrected chi connectivity index (χ1v) is 9.01. The lowest BCUT2D eigenvalue weighted by molar-refractivity contribution is -0.142. The second-order valence-corrected chi connectivity index (χ2v) is 6.40. The molecule has 3 rings (SSSR count). The van der Waals surface area contributed by atoms with E-state index in [1.807, 2.05) is 0 Å². The maximum Gasteiger partial charge on any atom is 0.313 e. The van der Waals surface area contributed by atoms with E-state index in [1.54, 1.807) is 24.5 Å². The molecule has 11 heteroatoms. The number of aryl methyl sites for hydroxylation is 1. The van der Waals surface area contributed by atoms with Gasteiger partial charge in [0.15, 0.2) is 0 Å².